The summed E-state index contributed by atoms with van der Waals surface area (Å²) in [5.41, 5.74) is 0.102. The predicted octanol–water partition coefficient (Wildman–Crippen LogP) is 3.54. The highest BCUT2D eigenvalue weighted by Gasteiger charge is 2.19. The van der Waals surface area contributed by atoms with Crippen LogP contribution in [0.5, 0.6) is 0 Å². The molecule has 0 unspecified atom stereocenters. The van der Waals surface area contributed by atoms with Gasteiger partial charge < -0.3 is 4.74 Å². The Morgan fingerprint density at radius 3 is 2.62 bits per heavy atom. The lowest BCUT2D eigenvalue weighted by Gasteiger charge is -2.21. The van der Waals surface area contributed by atoms with Gasteiger partial charge in [0.1, 0.15) is 0 Å². The van der Waals surface area contributed by atoms with Crippen LogP contribution < -0.4 is 5.56 Å². The number of carbonyl (C=O) groups excluding carboxylic acids is 1. The second-order valence-electron chi connectivity index (χ2n) is 6.44. The number of esters is 1. The van der Waals surface area contributed by atoms with Gasteiger partial charge in [0, 0.05) is 11.9 Å². The van der Waals surface area contributed by atoms with Crippen molar-refractivity contribution in [1.82, 2.24) is 9.78 Å². The van der Waals surface area contributed by atoms with Gasteiger partial charge in [-0.2, -0.15) is 5.10 Å². The highest BCUT2D eigenvalue weighted by atomic mass is 16.5. The van der Waals surface area contributed by atoms with Gasteiger partial charge in [-0.1, -0.05) is 50.3 Å². The van der Waals surface area contributed by atoms with Crippen LogP contribution in [0.15, 0.2) is 29.1 Å². The molecule has 128 valence electrons. The molecule has 0 spiro atoms. The highest BCUT2D eigenvalue weighted by Crippen LogP contribution is 2.26. The Morgan fingerprint density at radius 1 is 1.21 bits per heavy atom. The van der Waals surface area contributed by atoms with E-state index in [4.69, 9.17) is 4.74 Å². The van der Waals surface area contributed by atoms with E-state index in [-0.39, 0.29) is 17.9 Å². The molecule has 0 radical (unpaired) electrons. The van der Waals surface area contributed by atoms with Gasteiger partial charge in [0.15, 0.2) is 5.69 Å². The zero-order chi connectivity index (χ0) is 16.9. The van der Waals surface area contributed by atoms with Crippen LogP contribution in [0.4, 0.5) is 0 Å². The van der Waals surface area contributed by atoms with Gasteiger partial charge in [-0.05, 0) is 25.3 Å². The fourth-order valence-electron chi connectivity index (χ4n) is 3.52. The maximum atomic E-state index is 12.7. The predicted molar refractivity (Wildman–Crippen MR) is 93.2 cm³/mol. The largest absolute Gasteiger partial charge is 0.461 e. The van der Waals surface area contributed by atoms with Crippen molar-refractivity contribution >= 4 is 16.7 Å². The van der Waals surface area contributed by atoms with Gasteiger partial charge in [0.25, 0.3) is 5.56 Å². The van der Waals surface area contributed by atoms with Crippen molar-refractivity contribution in [3.63, 3.8) is 0 Å². The number of hydrogen-bond donors (Lipinski definition) is 0. The van der Waals surface area contributed by atoms with Crippen molar-refractivity contribution < 1.29 is 9.53 Å². The van der Waals surface area contributed by atoms with Crippen molar-refractivity contribution in [1.29, 1.82) is 0 Å². The molecule has 0 aliphatic heterocycles. The van der Waals surface area contributed by atoms with E-state index in [0.29, 0.717) is 23.2 Å². The molecule has 1 aromatic carbocycles. The van der Waals surface area contributed by atoms with Crippen molar-refractivity contribution in [3.8, 4) is 0 Å². The molecule has 1 aliphatic rings. The van der Waals surface area contributed by atoms with E-state index >= 15 is 0 Å². The van der Waals surface area contributed by atoms with Crippen LogP contribution >= 0.6 is 0 Å². The van der Waals surface area contributed by atoms with E-state index in [2.05, 4.69) is 5.10 Å². The van der Waals surface area contributed by atoms with Gasteiger partial charge in [-0.25, -0.2) is 9.48 Å². The van der Waals surface area contributed by atoms with Crippen LogP contribution in [0.3, 0.4) is 0 Å². The number of hydrogen-bond acceptors (Lipinski definition) is 4. The fraction of sp³-hybridized carbons (Fsp3) is 0.526. The summed E-state index contributed by atoms with van der Waals surface area (Å²) in [7, 11) is 0. The molecule has 24 heavy (non-hydrogen) atoms. The molecule has 1 aromatic heterocycles. The number of carbonyl (C=O) groups is 1. The summed E-state index contributed by atoms with van der Waals surface area (Å²) < 4.78 is 6.56. The first-order valence-corrected chi connectivity index (χ1v) is 8.87. The van der Waals surface area contributed by atoms with Crippen molar-refractivity contribution in [2.45, 2.75) is 52.0 Å². The Morgan fingerprint density at radius 2 is 1.92 bits per heavy atom. The first-order valence-electron chi connectivity index (χ1n) is 8.87. The first kappa shape index (κ1) is 16.7. The quantitative estimate of drug-likeness (QED) is 0.788. The Kier molecular flexibility index (Phi) is 5.28. The number of aromatic nitrogens is 2. The van der Waals surface area contributed by atoms with E-state index in [1.54, 1.807) is 25.1 Å². The van der Waals surface area contributed by atoms with Crippen LogP contribution in [-0.2, 0) is 11.3 Å². The van der Waals surface area contributed by atoms with Gasteiger partial charge in [0.05, 0.1) is 12.0 Å². The number of nitrogens with zero attached hydrogens (tertiary/aromatic N) is 2. The molecule has 0 amide bonds. The standard InChI is InChI=1S/C19H24N2O3/c1-2-24-19(23)17-15-10-6-7-11-16(15)18(22)21(20-17)13-12-14-8-4-3-5-9-14/h6-7,10-11,14H,2-5,8-9,12-13H2,1H3. The molecule has 0 N–H and O–H groups in total. The molecular weight excluding hydrogens is 304 g/mol. The van der Waals surface area contributed by atoms with E-state index in [1.165, 1.54) is 36.8 Å². The first-order chi connectivity index (χ1) is 11.7. The number of aryl methyl sites for hydroxylation is 1. The molecule has 3 rings (SSSR count). The molecule has 1 heterocycles. The van der Waals surface area contributed by atoms with E-state index in [9.17, 15) is 9.59 Å². The minimum Gasteiger partial charge on any atom is -0.461 e. The molecule has 5 heteroatoms. The zero-order valence-corrected chi connectivity index (χ0v) is 14.2. The SMILES string of the molecule is CCOC(=O)c1nn(CCC2CCCCC2)c(=O)c2ccccc12. The topological polar surface area (TPSA) is 61.2 Å². The molecule has 0 bridgehead atoms. The van der Waals surface area contributed by atoms with Crippen LogP contribution in [0.2, 0.25) is 0 Å². The lowest BCUT2D eigenvalue weighted by atomic mass is 9.87. The zero-order valence-electron chi connectivity index (χ0n) is 14.2. The van der Waals surface area contributed by atoms with Gasteiger partial charge in [-0.3, -0.25) is 4.79 Å². The van der Waals surface area contributed by atoms with Crippen LogP contribution in [0, 0.1) is 5.92 Å². The van der Waals surface area contributed by atoms with Gasteiger partial charge in [0.2, 0.25) is 0 Å². The second kappa shape index (κ2) is 7.60. The third-order valence-corrected chi connectivity index (χ3v) is 4.81. The van der Waals surface area contributed by atoms with Crippen LogP contribution in [-0.4, -0.2) is 22.4 Å². The molecule has 0 saturated heterocycles. The van der Waals surface area contributed by atoms with Crippen molar-refractivity contribution in [2.75, 3.05) is 6.61 Å². The lowest BCUT2D eigenvalue weighted by Crippen LogP contribution is -2.27. The maximum absolute atomic E-state index is 12.7. The molecule has 0 atom stereocenters. The number of ether oxygens (including phenoxy) is 1. The number of rotatable bonds is 5. The second-order valence-corrected chi connectivity index (χ2v) is 6.44. The third-order valence-electron chi connectivity index (χ3n) is 4.81. The smallest absolute Gasteiger partial charge is 0.359 e. The summed E-state index contributed by atoms with van der Waals surface area (Å²) in [4.78, 5) is 24.9. The molecule has 1 saturated carbocycles. The Labute approximate surface area is 141 Å². The normalized spacial score (nSPS) is 15.5. The summed E-state index contributed by atoms with van der Waals surface area (Å²) in [5, 5.41) is 5.42. The molecule has 1 fully saturated rings. The summed E-state index contributed by atoms with van der Waals surface area (Å²) >= 11 is 0. The number of benzene rings is 1. The van der Waals surface area contributed by atoms with Gasteiger partial charge in [-0.15, -0.1) is 0 Å². The lowest BCUT2D eigenvalue weighted by molar-refractivity contribution is 0.0519. The summed E-state index contributed by atoms with van der Waals surface area (Å²) in [6.07, 6.45) is 7.27. The minimum atomic E-state index is -0.472. The Hall–Kier alpha value is -2.17. The highest BCUT2D eigenvalue weighted by molar-refractivity contribution is 6.02. The maximum Gasteiger partial charge on any atom is 0.359 e. The summed E-state index contributed by atoms with van der Waals surface area (Å²) in [5.74, 6) is 0.185. The van der Waals surface area contributed by atoms with Crippen LogP contribution in [0.1, 0.15) is 55.9 Å². The number of fused-ring (bicyclic) bond motifs is 1. The van der Waals surface area contributed by atoms with Crippen LogP contribution in [0.25, 0.3) is 10.8 Å². The van der Waals surface area contributed by atoms with Crippen molar-refractivity contribution in [3.05, 3.63) is 40.3 Å². The minimum absolute atomic E-state index is 0.130. The summed E-state index contributed by atoms with van der Waals surface area (Å²) in [6.45, 7) is 2.61. The van der Waals surface area contributed by atoms with Gasteiger partial charge >= 0.3 is 5.97 Å². The fourth-order valence-corrected chi connectivity index (χ4v) is 3.52. The Bertz CT molecular complexity index is 776. The van der Waals surface area contributed by atoms with Crippen molar-refractivity contribution in [2.24, 2.45) is 5.92 Å². The monoisotopic (exact) mass is 328 g/mol. The Balaban J connectivity index is 1.93. The molecular formula is C19H24N2O3. The molecule has 1 aliphatic carbocycles. The molecule has 5 nitrogen and oxygen atoms in total. The third kappa shape index (κ3) is 3.50. The molecule has 2 aromatic rings. The summed E-state index contributed by atoms with van der Waals surface area (Å²) in [6, 6.07) is 7.11. The average Bonchev–Trinajstić information content (AvgIpc) is 2.62. The van der Waals surface area contributed by atoms with E-state index < -0.39 is 5.97 Å². The van der Waals surface area contributed by atoms with E-state index in [1.807, 2.05) is 6.07 Å². The van der Waals surface area contributed by atoms with E-state index in [0.717, 1.165) is 6.42 Å². The average molecular weight is 328 g/mol.